The molecule has 0 spiro atoms. The smallest absolute Gasteiger partial charge is 0.231 e. The third-order valence-electron chi connectivity index (χ3n) is 3.76. The van der Waals surface area contributed by atoms with Crippen molar-refractivity contribution in [2.45, 2.75) is 39.7 Å². The van der Waals surface area contributed by atoms with E-state index in [-0.39, 0.29) is 18.6 Å². The van der Waals surface area contributed by atoms with Crippen LogP contribution in [0, 0.1) is 0 Å². The predicted octanol–water partition coefficient (Wildman–Crippen LogP) is 2.07. The maximum atomic E-state index is 11.9. The van der Waals surface area contributed by atoms with Gasteiger partial charge in [0.25, 0.3) is 0 Å². The maximum Gasteiger partial charge on any atom is 0.231 e. The van der Waals surface area contributed by atoms with Crippen molar-refractivity contribution in [3.05, 3.63) is 23.8 Å². The van der Waals surface area contributed by atoms with Crippen LogP contribution in [0.1, 0.15) is 38.7 Å². The SMILES string of the molecule is CCCCN(CCC(=O)NCc1ccc2c(c1)OCO2)C(C)=O. The number of hydrogen-bond acceptors (Lipinski definition) is 4. The van der Waals surface area contributed by atoms with Crippen molar-refractivity contribution in [2.75, 3.05) is 19.9 Å². The number of nitrogens with one attached hydrogen (secondary N) is 1. The summed E-state index contributed by atoms with van der Waals surface area (Å²) in [5.41, 5.74) is 0.956. The minimum atomic E-state index is -0.0644. The highest BCUT2D eigenvalue weighted by molar-refractivity contribution is 5.78. The standard InChI is InChI=1S/C17H24N2O4/c1-3-4-8-19(13(2)20)9-7-17(21)18-11-14-5-6-15-16(10-14)23-12-22-15/h5-6,10H,3-4,7-9,11-12H2,1-2H3,(H,18,21). The largest absolute Gasteiger partial charge is 0.454 e. The molecular weight excluding hydrogens is 296 g/mol. The molecule has 0 aromatic heterocycles. The Balaban J connectivity index is 1.75. The molecule has 0 radical (unpaired) electrons. The van der Waals surface area contributed by atoms with E-state index in [4.69, 9.17) is 9.47 Å². The average Bonchev–Trinajstić information content (AvgIpc) is 3.00. The highest BCUT2D eigenvalue weighted by Gasteiger charge is 2.14. The Bertz CT molecular complexity index is 560. The van der Waals surface area contributed by atoms with E-state index in [1.54, 1.807) is 11.8 Å². The van der Waals surface area contributed by atoms with Crippen LogP contribution in [0.4, 0.5) is 0 Å². The molecule has 1 heterocycles. The zero-order valence-corrected chi connectivity index (χ0v) is 13.8. The number of rotatable bonds is 8. The third-order valence-corrected chi connectivity index (χ3v) is 3.76. The van der Waals surface area contributed by atoms with Gasteiger partial charge in [-0.1, -0.05) is 19.4 Å². The highest BCUT2D eigenvalue weighted by atomic mass is 16.7. The summed E-state index contributed by atoms with van der Waals surface area (Å²) in [4.78, 5) is 25.2. The van der Waals surface area contributed by atoms with E-state index in [1.807, 2.05) is 18.2 Å². The summed E-state index contributed by atoms with van der Waals surface area (Å²) in [6.45, 7) is 5.47. The number of hydrogen-bond donors (Lipinski definition) is 1. The monoisotopic (exact) mass is 320 g/mol. The molecule has 6 heteroatoms. The van der Waals surface area contributed by atoms with Gasteiger partial charge in [0.05, 0.1) is 0 Å². The molecule has 0 saturated heterocycles. The fourth-order valence-corrected chi connectivity index (χ4v) is 2.35. The van der Waals surface area contributed by atoms with Gasteiger partial charge in [-0.3, -0.25) is 9.59 Å². The zero-order chi connectivity index (χ0) is 16.7. The summed E-state index contributed by atoms with van der Waals surface area (Å²) >= 11 is 0. The fourth-order valence-electron chi connectivity index (χ4n) is 2.35. The molecule has 1 N–H and O–H groups in total. The van der Waals surface area contributed by atoms with Crippen LogP contribution < -0.4 is 14.8 Å². The number of fused-ring (bicyclic) bond motifs is 1. The summed E-state index contributed by atoms with van der Waals surface area (Å²) in [6, 6.07) is 5.61. The number of ether oxygens (including phenoxy) is 2. The first-order chi connectivity index (χ1) is 11.1. The lowest BCUT2D eigenvalue weighted by Gasteiger charge is -2.20. The van der Waals surface area contributed by atoms with Crippen molar-refractivity contribution >= 4 is 11.8 Å². The van der Waals surface area contributed by atoms with Crippen LogP contribution >= 0.6 is 0 Å². The molecule has 0 aliphatic carbocycles. The third kappa shape index (κ3) is 5.16. The Labute approximate surface area is 136 Å². The lowest BCUT2D eigenvalue weighted by Crippen LogP contribution is -2.34. The summed E-state index contributed by atoms with van der Waals surface area (Å²) < 4.78 is 10.6. The molecule has 1 aliphatic heterocycles. The maximum absolute atomic E-state index is 11.9. The predicted molar refractivity (Wildman–Crippen MR) is 86.2 cm³/mol. The molecule has 1 aromatic carbocycles. The second kappa shape index (κ2) is 8.41. The fraction of sp³-hybridized carbons (Fsp3) is 0.529. The van der Waals surface area contributed by atoms with E-state index in [0.29, 0.717) is 31.8 Å². The van der Waals surface area contributed by atoms with Gasteiger partial charge in [0.15, 0.2) is 11.5 Å². The van der Waals surface area contributed by atoms with Gasteiger partial charge >= 0.3 is 0 Å². The van der Waals surface area contributed by atoms with Gasteiger partial charge < -0.3 is 19.7 Å². The summed E-state index contributed by atoms with van der Waals surface area (Å²) in [5.74, 6) is 1.39. The molecule has 1 aliphatic rings. The molecule has 126 valence electrons. The van der Waals surface area contributed by atoms with E-state index in [1.165, 1.54) is 0 Å². The van der Waals surface area contributed by atoms with Crippen LogP contribution in [0.2, 0.25) is 0 Å². The highest BCUT2D eigenvalue weighted by Crippen LogP contribution is 2.32. The zero-order valence-electron chi connectivity index (χ0n) is 13.8. The summed E-state index contributed by atoms with van der Waals surface area (Å²) in [7, 11) is 0. The second-order valence-corrected chi connectivity index (χ2v) is 5.57. The summed E-state index contributed by atoms with van der Waals surface area (Å²) in [5, 5.41) is 2.87. The van der Waals surface area contributed by atoms with Crippen LogP contribution in [-0.4, -0.2) is 36.6 Å². The molecular formula is C17H24N2O4. The molecule has 2 amide bonds. The number of nitrogens with zero attached hydrogens (tertiary/aromatic N) is 1. The van der Waals surface area contributed by atoms with Crippen LogP contribution in [0.15, 0.2) is 18.2 Å². The normalized spacial score (nSPS) is 12.1. The van der Waals surface area contributed by atoms with E-state index < -0.39 is 0 Å². The van der Waals surface area contributed by atoms with E-state index in [2.05, 4.69) is 12.2 Å². The first-order valence-corrected chi connectivity index (χ1v) is 8.01. The van der Waals surface area contributed by atoms with Crippen LogP contribution in [0.3, 0.4) is 0 Å². The number of amides is 2. The molecule has 0 saturated carbocycles. The Morgan fingerprint density at radius 2 is 2.00 bits per heavy atom. The second-order valence-electron chi connectivity index (χ2n) is 5.57. The number of unbranched alkanes of at least 4 members (excludes halogenated alkanes) is 1. The van der Waals surface area contributed by atoms with Crippen LogP contribution in [-0.2, 0) is 16.1 Å². The van der Waals surface area contributed by atoms with Gasteiger partial charge in [-0.25, -0.2) is 0 Å². The molecule has 0 unspecified atom stereocenters. The minimum absolute atomic E-state index is 0.0158. The van der Waals surface area contributed by atoms with Crippen molar-refractivity contribution in [1.82, 2.24) is 10.2 Å². The van der Waals surface area contributed by atoms with E-state index >= 15 is 0 Å². The van der Waals surface area contributed by atoms with Crippen molar-refractivity contribution < 1.29 is 19.1 Å². The van der Waals surface area contributed by atoms with E-state index in [9.17, 15) is 9.59 Å². The topological polar surface area (TPSA) is 67.9 Å². The Kier molecular flexibility index (Phi) is 6.26. The number of carbonyl (C=O) groups excluding carboxylic acids is 2. The molecule has 0 atom stereocenters. The molecule has 0 bridgehead atoms. The first kappa shape index (κ1) is 17.1. The molecule has 0 fully saturated rings. The van der Waals surface area contributed by atoms with E-state index in [0.717, 1.165) is 24.2 Å². The van der Waals surface area contributed by atoms with Crippen molar-refractivity contribution in [2.24, 2.45) is 0 Å². The van der Waals surface area contributed by atoms with Gasteiger partial charge in [0, 0.05) is 33.0 Å². The van der Waals surface area contributed by atoms with Crippen molar-refractivity contribution in [3.63, 3.8) is 0 Å². The first-order valence-electron chi connectivity index (χ1n) is 8.01. The Morgan fingerprint density at radius 1 is 1.22 bits per heavy atom. The number of benzene rings is 1. The van der Waals surface area contributed by atoms with Gasteiger partial charge in [-0.15, -0.1) is 0 Å². The van der Waals surface area contributed by atoms with Crippen molar-refractivity contribution in [1.29, 1.82) is 0 Å². The molecule has 2 rings (SSSR count). The summed E-state index contributed by atoms with van der Waals surface area (Å²) in [6.07, 6.45) is 2.30. The average molecular weight is 320 g/mol. The van der Waals surface area contributed by atoms with Gasteiger partial charge in [0.1, 0.15) is 0 Å². The Morgan fingerprint density at radius 3 is 2.74 bits per heavy atom. The molecule has 23 heavy (non-hydrogen) atoms. The number of carbonyl (C=O) groups is 2. The van der Waals surface area contributed by atoms with Gasteiger partial charge in [-0.05, 0) is 24.1 Å². The van der Waals surface area contributed by atoms with Crippen molar-refractivity contribution in [3.8, 4) is 11.5 Å². The quantitative estimate of drug-likeness (QED) is 0.796. The van der Waals surface area contributed by atoms with Crippen LogP contribution in [0.25, 0.3) is 0 Å². The van der Waals surface area contributed by atoms with Gasteiger partial charge in [0.2, 0.25) is 18.6 Å². The molecule has 6 nitrogen and oxygen atoms in total. The molecule has 1 aromatic rings. The lowest BCUT2D eigenvalue weighted by atomic mass is 10.2. The lowest BCUT2D eigenvalue weighted by molar-refractivity contribution is -0.129. The Hall–Kier alpha value is -2.24. The van der Waals surface area contributed by atoms with Gasteiger partial charge in [-0.2, -0.15) is 0 Å². The van der Waals surface area contributed by atoms with Crippen LogP contribution in [0.5, 0.6) is 11.5 Å². The minimum Gasteiger partial charge on any atom is -0.454 e.